The number of nitrogens with one attached hydrogen (secondary N) is 2. The molecule has 0 aliphatic heterocycles. The molecule has 0 atom stereocenters. The van der Waals surface area contributed by atoms with Crippen LogP contribution in [0, 0.1) is 13.8 Å². The van der Waals surface area contributed by atoms with Crippen LogP contribution in [-0.4, -0.2) is 27.1 Å². The van der Waals surface area contributed by atoms with E-state index in [2.05, 4.69) is 10.6 Å². The van der Waals surface area contributed by atoms with Crippen LogP contribution in [0.4, 0.5) is 5.69 Å². The molecule has 2 rings (SSSR count). The van der Waals surface area contributed by atoms with Gasteiger partial charge in [-0.1, -0.05) is 24.3 Å². The predicted octanol–water partition coefficient (Wildman–Crippen LogP) is 2.44. The van der Waals surface area contributed by atoms with Gasteiger partial charge in [-0.25, -0.2) is 8.42 Å². The molecule has 1 amide bonds. The summed E-state index contributed by atoms with van der Waals surface area (Å²) in [5.74, 6) is -0.121. The Morgan fingerprint density at radius 2 is 1.75 bits per heavy atom. The van der Waals surface area contributed by atoms with E-state index in [0.29, 0.717) is 6.54 Å². The van der Waals surface area contributed by atoms with E-state index >= 15 is 0 Å². The van der Waals surface area contributed by atoms with Crippen LogP contribution in [0.2, 0.25) is 0 Å². The summed E-state index contributed by atoms with van der Waals surface area (Å²) in [5.41, 5.74) is 3.75. The van der Waals surface area contributed by atoms with E-state index in [1.165, 1.54) is 12.3 Å². The van der Waals surface area contributed by atoms with Crippen molar-refractivity contribution in [2.45, 2.75) is 25.3 Å². The molecule has 0 saturated heterocycles. The van der Waals surface area contributed by atoms with Crippen molar-refractivity contribution in [2.75, 3.05) is 18.1 Å². The molecule has 6 heteroatoms. The van der Waals surface area contributed by atoms with Crippen LogP contribution in [0.3, 0.4) is 0 Å². The number of sulfone groups is 1. The van der Waals surface area contributed by atoms with E-state index in [-0.39, 0.29) is 17.3 Å². The monoisotopic (exact) mass is 346 g/mol. The molecule has 0 aliphatic carbocycles. The highest BCUT2D eigenvalue weighted by Crippen LogP contribution is 2.19. The molecule has 0 aliphatic rings. The van der Waals surface area contributed by atoms with Crippen molar-refractivity contribution in [3.8, 4) is 0 Å². The Hall–Kier alpha value is -2.34. The average Bonchev–Trinajstić information content (AvgIpc) is 2.52. The van der Waals surface area contributed by atoms with Gasteiger partial charge in [0.25, 0.3) is 0 Å². The van der Waals surface area contributed by atoms with E-state index in [1.807, 2.05) is 38.1 Å². The fourth-order valence-electron chi connectivity index (χ4n) is 2.31. The van der Waals surface area contributed by atoms with Crippen molar-refractivity contribution in [1.29, 1.82) is 0 Å². The first-order valence-electron chi connectivity index (χ1n) is 7.63. The molecule has 24 heavy (non-hydrogen) atoms. The third-order valence-corrected chi connectivity index (χ3v) is 4.91. The Morgan fingerprint density at radius 1 is 1.04 bits per heavy atom. The van der Waals surface area contributed by atoms with Crippen LogP contribution in [0.1, 0.15) is 16.7 Å². The largest absolute Gasteiger partial charge is 0.376 e. The van der Waals surface area contributed by atoms with Crippen LogP contribution >= 0.6 is 0 Å². The number of anilines is 1. The molecule has 2 aromatic rings. The third-order valence-electron chi connectivity index (χ3n) is 3.80. The topological polar surface area (TPSA) is 75.3 Å². The maximum atomic E-state index is 12.0. The number of hydrogen-bond acceptors (Lipinski definition) is 4. The van der Waals surface area contributed by atoms with Gasteiger partial charge in [0.15, 0.2) is 9.84 Å². The molecule has 0 radical (unpaired) electrons. The molecule has 0 heterocycles. The van der Waals surface area contributed by atoms with E-state index in [0.717, 1.165) is 22.4 Å². The lowest BCUT2D eigenvalue weighted by atomic mass is 10.1. The number of aryl methyl sites for hydroxylation is 2. The molecule has 0 unspecified atom stereocenters. The van der Waals surface area contributed by atoms with Gasteiger partial charge in [0, 0.05) is 18.5 Å². The number of rotatable bonds is 6. The molecule has 0 fully saturated rings. The number of carbonyl (C=O) groups excluding carboxylic acids is 1. The molecule has 0 saturated carbocycles. The number of hydrogen-bond donors (Lipinski definition) is 2. The van der Waals surface area contributed by atoms with Gasteiger partial charge >= 0.3 is 0 Å². The van der Waals surface area contributed by atoms with E-state index in [9.17, 15) is 13.2 Å². The minimum atomic E-state index is -3.22. The van der Waals surface area contributed by atoms with Gasteiger partial charge in [-0.15, -0.1) is 0 Å². The lowest BCUT2D eigenvalue weighted by Crippen LogP contribution is -2.29. The summed E-state index contributed by atoms with van der Waals surface area (Å²) in [6.07, 6.45) is 1.17. The first-order chi connectivity index (χ1) is 11.3. The highest BCUT2D eigenvalue weighted by atomic mass is 32.2. The summed E-state index contributed by atoms with van der Waals surface area (Å²) in [7, 11) is -3.22. The maximum Gasteiger partial charge on any atom is 0.239 e. The Balaban J connectivity index is 1.91. The van der Waals surface area contributed by atoms with E-state index in [1.54, 1.807) is 12.1 Å². The van der Waals surface area contributed by atoms with Crippen molar-refractivity contribution in [3.63, 3.8) is 0 Å². The van der Waals surface area contributed by atoms with Crippen LogP contribution in [0.25, 0.3) is 0 Å². The van der Waals surface area contributed by atoms with Crippen LogP contribution in [0.5, 0.6) is 0 Å². The van der Waals surface area contributed by atoms with Crippen LogP contribution < -0.4 is 10.6 Å². The van der Waals surface area contributed by atoms with Gasteiger partial charge in [-0.05, 0) is 48.7 Å². The third kappa shape index (κ3) is 4.83. The lowest BCUT2D eigenvalue weighted by Gasteiger charge is -2.12. The Kier molecular flexibility index (Phi) is 5.62. The number of benzene rings is 2. The number of carbonyl (C=O) groups is 1. The fourth-order valence-corrected chi connectivity index (χ4v) is 3.01. The number of amides is 1. The van der Waals surface area contributed by atoms with Gasteiger partial charge in [-0.3, -0.25) is 4.79 Å². The Bertz CT molecular complexity index is 845. The van der Waals surface area contributed by atoms with Crippen LogP contribution in [-0.2, 0) is 21.2 Å². The fraction of sp³-hybridized carbons (Fsp3) is 0.278. The van der Waals surface area contributed by atoms with Crippen molar-refractivity contribution < 1.29 is 13.2 Å². The standard InChI is InChI=1S/C18H22N2O3S/c1-13-6-4-5-7-15(13)11-20-18(21)12-19-17-9-8-16(10-14(17)2)24(3,22)23/h4-10,19H,11-12H2,1-3H3,(H,20,21). The van der Waals surface area contributed by atoms with Crippen molar-refractivity contribution in [3.05, 3.63) is 59.2 Å². The minimum absolute atomic E-state index is 0.121. The zero-order valence-corrected chi connectivity index (χ0v) is 14.9. The summed E-state index contributed by atoms with van der Waals surface area (Å²) in [5, 5.41) is 5.90. The van der Waals surface area contributed by atoms with Gasteiger partial charge in [0.2, 0.25) is 5.91 Å². The lowest BCUT2D eigenvalue weighted by molar-refractivity contribution is -0.119. The highest BCUT2D eigenvalue weighted by molar-refractivity contribution is 7.90. The summed E-state index contributed by atoms with van der Waals surface area (Å²) in [6, 6.07) is 12.7. The van der Waals surface area contributed by atoms with Gasteiger partial charge in [0.1, 0.15) is 0 Å². The molecule has 0 spiro atoms. The molecular formula is C18H22N2O3S. The molecule has 0 aromatic heterocycles. The van der Waals surface area contributed by atoms with Gasteiger partial charge in [0.05, 0.1) is 11.4 Å². The molecular weight excluding hydrogens is 324 g/mol. The summed E-state index contributed by atoms with van der Waals surface area (Å²) >= 11 is 0. The first kappa shape index (κ1) is 18.0. The van der Waals surface area contributed by atoms with Crippen molar-refractivity contribution in [2.24, 2.45) is 0 Å². The van der Waals surface area contributed by atoms with E-state index < -0.39 is 9.84 Å². The van der Waals surface area contributed by atoms with E-state index in [4.69, 9.17) is 0 Å². The summed E-state index contributed by atoms with van der Waals surface area (Å²) in [6.45, 7) is 4.43. The molecule has 2 aromatic carbocycles. The predicted molar refractivity (Wildman–Crippen MR) is 95.8 cm³/mol. The second kappa shape index (κ2) is 7.49. The van der Waals surface area contributed by atoms with Crippen molar-refractivity contribution in [1.82, 2.24) is 5.32 Å². The Labute approximate surface area is 143 Å². The smallest absolute Gasteiger partial charge is 0.239 e. The molecule has 2 N–H and O–H groups in total. The molecule has 128 valence electrons. The first-order valence-corrected chi connectivity index (χ1v) is 9.52. The van der Waals surface area contributed by atoms with Gasteiger partial charge < -0.3 is 10.6 Å². The average molecular weight is 346 g/mol. The Morgan fingerprint density at radius 3 is 2.38 bits per heavy atom. The second-order valence-corrected chi connectivity index (χ2v) is 7.82. The molecule has 5 nitrogen and oxygen atoms in total. The second-order valence-electron chi connectivity index (χ2n) is 5.81. The van der Waals surface area contributed by atoms with Gasteiger partial charge in [-0.2, -0.15) is 0 Å². The zero-order valence-electron chi connectivity index (χ0n) is 14.1. The minimum Gasteiger partial charge on any atom is -0.376 e. The summed E-state index contributed by atoms with van der Waals surface area (Å²) < 4.78 is 23.1. The quantitative estimate of drug-likeness (QED) is 0.842. The normalized spacial score (nSPS) is 11.1. The highest BCUT2D eigenvalue weighted by Gasteiger charge is 2.09. The SMILES string of the molecule is Cc1ccccc1CNC(=O)CNc1ccc(S(C)(=O)=O)cc1C. The molecule has 0 bridgehead atoms. The van der Waals surface area contributed by atoms with Crippen molar-refractivity contribution >= 4 is 21.4 Å². The summed E-state index contributed by atoms with van der Waals surface area (Å²) in [4.78, 5) is 12.2. The maximum absolute atomic E-state index is 12.0. The van der Waals surface area contributed by atoms with Crippen LogP contribution in [0.15, 0.2) is 47.4 Å². The zero-order chi connectivity index (χ0) is 17.7.